The van der Waals surface area contributed by atoms with Crippen LogP contribution in [0.4, 0.5) is 20.2 Å². The molecule has 1 fully saturated rings. The summed E-state index contributed by atoms with van der Waals surface area (Å²) in [6.45, 7) is -1.05. The van der Waals surface area contributed by atoms with Gasteiger partial charge in [0, 0.05) is 18.7 Å². The predicted octanol–water partition coefficient (Wildman–Crippen LogP) is 4.54. The minimum Gasteiger partial charge on any atom is -0.493 e. The van der Waals surface area contributed by atoms with E-state index in [4.69, 9.17) is 4.74 Å². The first-order chi connectivity index (χ1) is 13.1. The number of piperidine rings is 1. The smallest absolute Gasteiger partial charge is 0.387 e. The minimum atomic E-state index is -2.96. The van der Waals surface area contributed by atoms with Crippen molar-refractivity contribution in [3.05, 3.63) is 48.0 Å². The molecule has 1 aliphatic rings. The standard InChI is InChI=1S/C20H22F2N2O3/c1-26-18-13-14(9-10-17(18)27-20(21)22)19(25)23-15-7-3-4-8-16(15)24-11-5-2-6-12-24/h3-4,7-10,13,20H,2,5-6,11-12H2,1H3,(H,23,25). The monoisotopic (exact) mass is 376 g/mol. The van der Waals surface area contributed by atoms with Crippen molar-refractivity contribution in [3.63, 3.8) is 0 Å². The lowest BCUT2D eigenvalue weighted by Gasteiger charge is -2.30. The fourth-order valence-corrected chi connectivity index (χ4v) is 3.19. The number of rotatable bonds is 6. The lowest BCUT2D eigenvalue weighted by Crippen LogP contribution is -2.30. The van der Waals surface area contributed by atoms with Crippen LogP contribution in [0.3, 0.4) is 0 Å². The van der Waals surface area contributed by atoms with E-state index in [1.807, 2.05) is 24.3 Å². The summed E-state index contributed by atoms with van der Waals surface area (Å²) in [6, 6.07) is 11.8. The van der Waals surface area contributed by atoms with E-state index in [2.05, 4.69) is 15.0 Å². The SMILES string of the molecule is COc1cc(C(=O)Nc2ccccc2N2CCCCC2)ccc1OC(F)F. The number of anilines is 2. The molecule has 0 radical (unpaired) electrons. The molecular weight excluding hydrogens is 354 g/mol. The van der Waals surface area contributed by atoms with Crippen LogP contribution in [-0.4, -0.2) is 32.7 Å². The number of carbonyl (C=O) groups is 1. The number of nitrogens with one attached hydrogen (secondary N) is 1. The van der Waals surface area contributed by atoms with Crippen LogP contribution in [-0.2, 0) is 0 Å². The number of nitrogens with zero attached hydrogens (tertiary/aromatic N) is 1. The molecule has 1 heterocycles. The van der Waals surface area contributed by atoms with Crippen molar-refractivity contribution < 1.29 is 23.0 Å². The van der Waals surface area contributed by atoms with Crippen LogP contribution < -0.4 is 19.7 Å². The number of amides is 1. The summed E-state index contributed by atoms with van der Waals surface area (Å²) >= 11 is 0. The van der Waals surface area contributed by atoms with Gasteiger partial charge in [0.05, 0.1) is 18.5 Å². The van der Waals surface area contributed by atoms with Gasteiger partial charge in [0.25, 0.3) is 5.91 Å². The van der Waals surface area contributed by atoms with Crippen LogP contribution in [0, 0.1) is 0 Å². The zero-order chi connectivity index (χ0) is 19.2. The van der Waals surface area contributed by atoms with E-state index in [1.165, 1.54) is 31.7 Å². The summed E-state index contributed by atoms with van der Waals surface area (Å²) in [7, 11) is 1.33. The van der Waals surface area contributed by atoms with Gasteiger partial charge in [0.1, 0.15) is 0 Å². The molecule has 1 amide bonds. The zero-order valence-corrected chi connectivity index (χ0v) is 15.1. The van der Waals surface area contributed by atoms with Crippen molar-refractivity contribution in [2.45, 2.75) is 25.9 Å². The fraction of sp³-hybridized carbons (Fsp3) is 0.350. The molecule has 0 aromatic heterocycles. The molecule has 0 unspecified atom stereocenters. The van der Waals surface area contributed by atoms with Crippen LogP contribution in [0.5, 0.6) is 11.5 Å². The highest BCUT2D eigenvalue weighted by Gasteiger charge is 2.18. The molecule has 0 saturated carbocycles. The molecule has 0 spiro atoms. The Balaban J connectivity index is 1.79. The van der Waals surface area contributed by atoms with Crippen LogP contribution in [0.2, 0.25) is 0 Å². The predicted molar refractivity (Wildman–Crippen MR) is 100 cm³/mol. The van der Waals surface area contributed by atoms with Crippen LogP contribution >= 0.6 is 0 Å². The second kappa shape index (κ2) is 8.70. The molecule has 5 nitrogen and oxygen atoms in total. The summed E-state index contributed by atoms with van der Waals surface area (Å²) in [5, 5.41) is 2.91. The number of carbonyl (C=O) groups excluding carboxylic acids is 1. The molecule has 1 aliphatic heterocycles. The number of halogens is 2. The van der Waals surface area contributed by atoms with Crippen LogP contribution in [0.15, 0.2) is 42.5 Å². The third-order valence-corrected chi connectivity index (χ3v) is 4.49. The van der Waals surface area contributed by atoms with Crippen molar-refractivity contribution in [1.82, 2.24) is 0 Å². The number of alkyl halides is 2. The minimum absolute atomic E-state index is 0.0762. The molecule has 7 heteroatoms. The molecule has 2 aromatic carbocycles. The van der Waals surface area contributed by atoms with Crippen LogP contribution in [0.25, 0.3) is 0 Å². The van der Waals surface area contributed by atoms with Gasteiger partial charge in [0.2, 0.25) is 0 Å². The lowest BCUT2D eigenvalue weighted by molar-refractivity contribution is -0.0512. The molecule has 144 valence electrons. The second-order valence-electron chi connectivity index (χ2n) is 6.26. The van der Waals surface area contributed by atoms with Gasteiger partial charge < -0.3 is 19.7 Å². The molecule has 1 N–H and O–H groups in total. The van der Waals surface area contributed by atoms with Crippen molar-refractivity contribution in [1.29, 1.82) is 0 Å². The van der Waals surface area contributed by atoms with Gasteiger partial charge in [-0.3, -0.25) is 4.79 Å². The Bertz CT molecular complexity index is 793. The number of hydrogen-bond acceptors (Lipinski definition) is 4. The molecule has 27 heavy (non-hydrogen) atoms. The largest absolute Gasteiger partial charge is 0.493 e. The quantitative estimate of drug-likeness (QED) is 0.804. The van der Waals surface area contributed by atoms with Gasteiger partial charge in [-0.1, -0.05) is 12.1 Å². The summed E-state index contributed by atoms with van der Waals surface area (Å²) in [6.07, 6.45) is 3.48. The van der Waals surface area contributed by atoms with E-state index in [-0.39, 0.29) is 17.4 Å². The zero-order valence-electron chi connectivity index (χ0n) is 15.1. The highest BCUT2D eigenvalue weighted by molar-refractivity contribution is 6.06. The first-order valence-electron chi connectivity index (χ1n) is 8.86. The average molecular weight is 376 g/mol. The third-order valence-electron chi connectivity index (χ3n) is 4.49. The van der Waals surface area contributed by atoms with Gasteiger partial charge >= 0.3 is 6.61 Å². The van der Waals surface area contributed by atoms with Crippen LogP contribution in [0.1, 0.15) is 29.6 Å². The maximum Gasteiger partial charge on any atom is 0.387 e. The highest BCUT2D eigenvalue weighted by atomic mass is 19.3. The second-order valence-corrected chi connectivity index (χ2v) is 6.26. The average Bonchev–Trinajstić information content (AvgIpc) is 2.69. The van der Waals surface area contributed by atoms with Crippen molar-refractivity contribution in [2.24, 2.45) is 0 Å². The lowest BCUT2D eigenvalue weighted by atomic mass is 10.1. The Hall–Kier alpha value is -2.83. The topological polar surface area (TPSA) is 50.8 Å². The molecular formula is C20H22F2N2O3. The van der Waals surface area contributed by atoms with Crippen molar-refractivity contribution in [3.8, 4) is 11.5 Å². The Morgan fingerprint density at radius 3 is 2.52 bits per heavy atom. The maximum absolute atomic E-state index is 12.7. The number of ether oxygens (including phenoxy) is 2. The fourth-order valence-electron chi connectivity index (χ4n) is 3.19. The Morgan fingerprint density at radius 1 is 1.07 bits per heavy atom. The van der Waals surface area contributed by atoms with E-state index < -0.39 is 6.61 Å². The third kappa shape index (κ3) is 4.67. The number of para-hydroxylation sites is 2. The molecule has 3 rings (SSSR count). The normalized spacial score (nSPS) is 14.1. The molecule has 0 aliphatic carbocycles. The number of benzene rings is 2. The molecule has 0 atom stereocenters. The Morgan fingerprint density at radius 2 is 1.81 bits per heavy atom. The van der Waals surface area contributed by atoms with E-state index in [0.717, 1.165) is 37.3 Å². The van der Waals surface area contributed by atoms with E-state index in [0.29, 0.717) is 5.56 Å². The summed E-state index contributed by atoms with van der Waals surface area (Å²) in [5.74, 6) is -0.383. The van der Waals surface area contributed by atoms with E-state index in [9.17, 15) is 13.6 Å². The van der Waals surface area contributed by atoms with Gasteiger partial charge in [-0.2, -0.15) is 8.78 Å². The number of methoxy groups -OCH3 is 1. The summed E-state index contributed by atoms with van der Waals surface area (Å²) in [5.41, 5.74) is 1.99. The van der Waals surface area contributed by atoms with Gasteiger partial charge in [0.15, 0.2) is 11.5 Å². The van der Waals surface area contributed by atoms with Crippen molar-refractivity contribution in [2.75, 3.05) is 30.4 Å². The van der Waals surface area contributed by atoms with E-state index in [1.54, 1.807) is 0 Å². The van der Waals surface area contributed by atoms with Gasteiger partial charge in [-0.25, -0.2) is 0 Å². The molecule has 1 saturated heterocycles. The molecule has 2 aromatic rings. The van der Waals surface area contributed by atoms with Gasteiger partial charge in [-0.15, -0.1) is 0 Å². The maximum atomic E-state index is 12.7. The molecule has 0 bridgehead atoms. The summed E-state index contributed by atoms with van der Waals surface area (Å²) < 4.78 is 34.3. The first-order valence-corrected chi connectivity index (χ1v) is 8.86. The van der Waals surface area contributed by atoms with Gasteiger partial charge in [-0.05, 0) is 49.6 Å². The first kappa shape index (κ1) is 18.9. The van der Waals surface area contributed by atoms with E-state index >= 15 is 0 Å². The number of hydrogen-bond donors (Lipinski definition) is 1. The Kier molecular flexibility index (Phi) is 6.11. The summed E-state index contributed by atoms with van der Waals surface area (Å²) in [4.78, 5) is 14.9. The Labute approximate surface area is 156 Å². The van der Waals surface area contributed by atoms with Crippen molar-refractivity contribution >= 4 is 17.3 Å². The highest BCUT2D eigenvalue weighted by Crippen LogP contribution is 2.31.